The van der Waals surface area contributed by atoms with Gasteiger partial charge in [0.15, 0.2) is 6.61 Å². The van der Waals surface area contributed by atoms with E-state index in [9.17, 15) is 9.59 Å². The van der Waals surface area contributed by atoms with Crippen molar-refractivity contribution in [2.45, 2.75) is 51.0 Å². The smallest absolute Gasteiger partial charge is 0.264 e. The third-order valence-corrected chi connectivity index (χ3v) is 4.69. The third kappa shape index (κ3) is 3.84. The molecule has 1 aliphatic heterocycles. The second-order valence-corrected chi connectivity index (χ2v) is 6.48. The van der Waals surface area contributed by atoms with Gasteiger partial charge < -0.3 is 15.0 Å². The van der Waals surface area contributed by atoms with Gasteiger partial charge in [-0.3, -0.25) is 9.59 Å². The first kappa shape index (κ1) is 15.8. The Labute approximate surface area is 137 Å². The molecular weight excluding hydrogens is 292 g/mol. The molecule has 0 radical (unpaired) electrons. The zero-order valence-electron chi connectivity index (χ0n) is 13.6. The molecule has 5 nitrogen and oxygen atoms in total. The number of carbonyl (C=O) groups is 2. The Morgan fingerprint density at radius 2 is 2.00 bits per heavy atom. The molecule has 0 aromatic heterocycles. The van der Waals surface area contributed by atoms with Gasteiger partial charge >= 0.3 is 0 Å². The summed E-state index contributed by atoms with van der Waals surface area (Å²) in [4.78, 5) is 25.6. The van der Waals surface area contributed by atoms with E-state index in [0.29, 0.717) is 18.2 Å². The lowest BCUT2D eigenvalue weighted by Gasteiger charge is -2.26. The highest BCUT2D eigenvalue weighted by atomic mass is 16.5. The van der Waals surface area contributed by atoms with Crippen molar-refractivity contribution in [3.8, 4) is 5.75 Å². The number of amides is 2. The van der Waals surface area contributed by atoms with Crippen LogP contribution in [0.15, 0.2) is 18.2 Å². The molecule has 3 rings (SSSR count). The van der Waals surface area contributed by atoms with Gasteiger partial charge in [0, 0.05) is 13.1 Å². The number of benzene rings is 1. The van der Waals surface area contributed by atoms with Crippen LogP contribution in [0.3, 0.4) is 0 Å². The molecule has 2 amide bonds. The summed E-state index contributed by atoms with van der Waals surface area (Å²) in [6.07, 6.45) is 7.46. The van der Waals surface area contributed by atoms with Crippen molar-refractivity contribution in [3.63, 3.8) is 0 Å². The Bertz CT molecular complexity index is 592. The molecule has 124 valence electrons. The second-order valence-electron chi connectivity index (χ2n) is 6.48. The van der Waals surface area contributed by atoms with Gasteiger partial charge in [-0.15, -0.1) is 0 Å². The fourth-order valence-electron chi connectivity index (χ4n) is 3.32. The molecule has 1 fully saturated rings. The SMILES string of the molecule is CN1C(=O)COc2ccc(CC(=O)NC3CCCCCC3)cc21. The lowest BCUT2D eigenvalue weighted by Crippen LogP contribution is -2.36. The molecule has 1 saturated carbocycles. The monoisotopic (exact) mass is 316 g/mol. The van der Waals surface area contributed by atoms with Crippen LogP contribution in [0, 0.1) is 0 Å². The van der Waals surface area contributed by atoms with E-state index in [1.54, 1.807) is 11.9 Å². The van der Waals surface area contributed by atoms with Gasteiger partial charge in [0.2, 0.25) is 5.91 Å². The minimum absolute atomic E-state index is 0.0579. The molecule has 5 heteroatoms. The van der Waals surface area contributed by atoms with Crippen LogP contribution in [-0.2, 0) is 16.0 Å². The molecule has 0 atom stereocenters. The maximum atomic E-state index is 12.3. The lowest BCUT2D eigenvalue weighted by atomic mass is 10.1. The van der Waals surface area contributed by atoms with Gasteiger partial charge in [-0.25, -0.2) is 0 Å². The van der Waals surface area contributed by atoms with Crippen LogP contribution in [0.2, 0.25) is 0 Å². The number of hydrogen-bond donors (Lipinski definition) is 1. The summed E-state index contributed by atoms with van der Waals surface area (Å²) in [5.74, 6) is 0.681. The Morgan fingerprint density at radius 3 is 2.74 bits per heavy atom. The maximum absolute atomic E-state index is 12.3. The van der Waals surface area contributed by atoms with Gasteiger partial charge in [0.1, 0.15) is 5.75 Å². The highest BCUT2D eigenvalue weighted by molar-refractivity contribution is 5.97. The van der Waals surface area contributed by atoms with Gasteiger partial charge in [0.05, 0.1) is 12.1 Å². The van der Waals surface area contributed by atoms with Crippen molar-refractivity contribution in [2.24, 2.45) is 0 Å². The summed E-state index contributed by atoms with van der Waals surface area (Å²) in [5, 5.41) is 3.16. The third-order valence-electron chi connectivity index (χ3n) is 4.69. The summed E-state index contributed by atoms with van der Waals surface area (Å²) in [7, 11) is 1.74. The molecule has 1 aromatic rings. The average molecular weight is 316 g/mol. The molecule has 1 aromatic carbocycles. The number of nitrogens with zero attached hydrogens (tertiary/aromatic N) is 1. The minimum atomic E-state index is -0.0717. The van der Waals surface area contributed by atoms with Gasteiger partial charge in [0.25, 0.3) is 5.91 Å². The van der Waals surface area contributed by atoms with Crippen molar-refractivity contribution >= 4 is 17.5 Å². The van der Waals surface area contributed by atoms with E-state index in [1.807, 2.05) is 18.2 Å². The number of anilines is 1. The van der Waals surface area contributed by atoms with E-state index in [1.165, 1.54) is 25.7 Å². The summed E-state index contributed by atoms with van der Waals surface area (Å²) < 4.78 is 5.41. The van der Waals surface area contributed by atoms with E-state index in [4.69, 9.17) is 4.74 Å². The number of fused-ring (bicyclic) bond motifs is 1. The van der Waals surface area contributed by atoms with Crippen molar-refractivity contribution < 1.29 is 14.3 Å². The maximum Gasteiger partial charge on any atom is 0.264 e. The molecular formula is C18H24N2O3. The number of hydrogen-bond acceptors (Lipinski definition) is 3. The number of rotatable bonds is 3. The quantitative estimate of drug-likeness (QED) is 0.871. The predicted octanol–water partition coefficient (Wildman–Crippen LogP) is 2.42. The van der Waals surface area contributed by atoms with Gasteiger partial charge in [-0.1, -0.05) is 31.7 Å². The van der Waals surface area contributed by atoms with Crippen LogP contribution in [-0.4, -0.2) is 31.5 Å². The number of ether oxygens (including phenoxy) is 1. The van der Waals surface area contributed by atoms with Crippen LogP contribution < -0.4 is 15.0 Å². The predicted molar refractivity (Wildman–Crippen MR) is 88.7 cm³/mol. The Morgan fingerprint density at radius 1 is 1.26 bits per heavy atom. The first-order valence-electron chi connectivity index (χ1n) is 8.45. The van der Waals surface area contributed by atoms with Crippen molar-refractivity contribution in [1.82, 2.24) is 5.32 Å². The topological polar surface area (TPSA) is 58.6 Å². The molecule has 1 aliphatic carbocycles. The molecule has 0 saturated heterocycles. The average Bonchev–Trinajstić information content (AvgIpc) is 2.80. The van der Waals surface area contributed by atoms with E-state index in [0.717, 1.165) is 24.1 Å². The molecule has 0 spiro atoms. The molecule has 2 aliphatic rings. The Kier molecular flexibility index (Phi) is 4.84. The molecule has 0 unspecified atom stereocenters. The second kappa shape index (κ2) is 7.02. The Balaban J connectivity index is 1.63. The fourth-order valence-corrected chi connectivity index (χ4v) is 3.32. The van der Waals surface area contributed by atoms with Crippen molar-refractivity contribution in [3.05, 3.63) is 23.8 Å². The van der Waals surface area contributed by atoms with E-state index in [-0.39, 0.29) is 18.4 Å². The summed E-state index contributed by atoms with van der Waals surface area (Å²) in [6, 6.07) is 5.93. The molecule has 0 bridgehead atoms. The lowest BCUT2D eigenvalue weighted by molar-refractivity contribution is -0.121. The van der Waals surface area contributed by atoms with Crippen LogP contribution in [0.4, 0.5) is 5.69 Å². The summed E-state index contributed by atoms with van der Waals surface area (Å²) in [6.45, 7) is 0.0744. The fraction of sp³-hybridized carbons (Fsp3) is 0.556. The molecule has 1 heterocycles. The summed E-state index contributed by atoms with van der Waals surface area (Å²) >= 11 is 0. The largest absolute Gasteiger partial charge is 0.482 e. The number of carbonyl (C=O) groups excluding carboxylic acids is 2. The zero-order chi connectivity index (χ0) is 16.2. The standard InChI is InChI=1S/C18H24N2O3/c1-20-15-10-13(8-9-16(15)23-12-18(20)22)11-17(21)19-14-6-4-2-3-5-7-14/h8-10,14H,2-7,11-12H2,1H3,(H,19,21). The molecule has 23 heavy (non-hydrogen) atoms. The van der Waals surface area contributed by atoms with E-state index >= 15 is 0 Å². The van der Waals surface area contributed by atoms with E-state index in [2.05, 4.69) is 5.32 Å². The van der Waals surface area contributed by atoms with Crippen molar-refractivity contribution in [1.29, 1.82) is 0 Å². The minimum Gasteiger partial charge on any atom is -0.482 e. The van der Waals surface area contributed by atoms with Gasteiger partial charge in [-0.05, 0) is 30.5 Å². The first-order chi connectivity index (χ1) is 11.1. The molecule has 1 N–H and O–H groups in total. The summed E-state index contributed by atoms with van der Waals surface area (Å²) in [5.41, 5.74) is 1.64. The first-order valence-corrected chi connectivity index (χ1v) is 8.45. The van der Waals surface area contributed by atoms with Crippen LogP contribution >= 0.6 is 0 Å². The number of likely N-dealkylation sites (N-methyl/N-ethyl adjacent to an activating group) is 1. The van der Waals surface area contributed by atoms with Crippen molar-refractivity contribution in [2.75, 3.05) is 18.6 Å². The van der Waals surface area contributed by atoms with Gasteiger partial charge in [-0.2, -0.15) is 0 Å². The number of nitrogens with one attached hydrogen (secondary N) is 1. The van der Waals surface area contributed by atoms with E-state index < -0.39 is 0 Å². The highest BCUT2D eigenvalue weighted by Gasteiger charge is 2.23. The highest BCUT2D eigenvalue weighted by Crippen LogP contribution is 2.32. The van der Waals surface area contributed by atoms with Crippen LogP contribution in [0.25, 0.3) is 0 Å². The Hall–Kier alpha value is -2.04. The normalized spacial score (nSPS) is 18.8. The van der Waals surface area contributed by atoms with Crippen LogP contribution in [0.5, 0.6) is 5.75 Å². The van der Waals surface area contributed by atoms with Crippen LogP contribution in [0.1, 0.15) is 44.1 Å². The zero-order valence-corrected chi connectivity index (χ0v) is 13.6.